The van der Waals surface area contributed by atoms with Gasteiger partial charge in [-0.3, -0.25) is 4.99 Å². The summed E-state index contributed by atoms with van der Waals surface area (Å²) < 4.78 is 38.1. The van der Waals surface area contributed by atoms with E-state index in [2.05, 4.69) is 37.2 Å². The highest BCUT2D eigenvalue weighted by atomic mass is 19.3. The molecule has 216 valence electrons. The van der Waals surface area contributed by atoms with Crippen molar-refractivity contribution >= 4 is 11.9 Å². The summed E-state index contributed by atoms with van der Waals surface area (Å²) in [5.74, 6) is -2.96. The van der Waals surface area contributed by atoms with Crippen molar-refractivity contribution in [3.8, 4) is 0 Å². The van der Waals surface area contributed by atoms with Crippen LogP contribution in [0, 0.1) is 19.7 Å². The van der Waals surface area contributed by atoms with Gasteiger partial charge in [0.25, 0.3) is 5.92 Å². The first-order valence-corrected chi connectivity index (χ1v) is 13.4. The van der Waals surface area contributed by atoms with Crippen LogP contribution >= 0.6 is 0 Å². The van der Waals surface area contributed by atoms with Crippen LogP contribution in [0.1, 0.15) is 59.6 Å². The van der Waals surface area contributed by atoms with Gasteiger partial charge in [-0.15, -0.1) is 0 Å². The van der Waals surface area contributed by atoms with Crippen molar-refractivity contribution in [2.24, 2.45) is 4.99 Å². The van der Waals surface area contributed by atoms with Crippen molar-refractivity contribution in [3.05, 3.63) is 113 Å². The van der Waals surface area contributed by atoms with E-state index in [9.17, 15) is 13.2 Å². The van der Waals surface area contributed by atoms with E-state index in [-0.39, 0.29) is 18.9 Å². The van der Waals surface area contributed by atoms with Crippen LogP contribution in [0.2, 0.25) is 0 Å². The number of aryl methyl sites for hydroxylation is 2. The third kappa shape index (κ3) is 15.0. The highest BCUT2D eigenvalue weighted by Crippen LogP contribution is 2.32. The molecule has 0 aliphatic carbocycles. The van der Waals surface area contributed by atoms with E-state index < -0.39 is 5.92 Å². The van der Waals surface area contributed by atoms with Gasteiger partial charge in [0.2, 0.25) is 0 Å². The van der Waals surface area contributed by atoms with Gasteiger partial charge in [0.15, 0.2) is 0 Å². The predicted octanol–water partition coefficient (Wildman–Crippen LogP) is 10.3. The Hall–Kier alpha value is -3.34. The quantitative estimate of drug-likeness (QED) is 0.271. The molecule has 2 aromatic carbocycles. The molecule has 2 nitrogen and oxygen atoms in total. The third-order valence-corrected chi connectivity index (χ3v) is 5.53. The van der Waals surface area contributed by atoms with Gasteiger partial charge in [0.05, 0.1) is 13.1 Å². The van der Waals surface area contributed by atoms with Gasteiger partial charge < -0.3 is 4.90 Å². The zero-order valence-corrected chi connectivity index (χ0v) is 25.7. The number of benzene rings is 2. The Bertz CT molecular complexity index is 1070. The minimum Gasteiger partial charge on any atom is -0.359 e. The standard InChI is InChI=1S/C13H19N.C10H10F3N.C7H8.2C2H6/c1-7-10(2)12(4)13(5)11(3)8-9-14-6;1-7-2-3-8(4-9(7)11)14-5-10(12,13)6-14;1-7-5-3-2-4-6-7;2*1-2/h7-9H,4-5H2,1-3,6H3;2-4H,5-6H2,1H3;2-6H,1H3;2*1-2H3/b10-7-,11-8+,14-9?;;;;. The van der Waals surface area contributed by atoms with Gasteiger partial charge >= 0.3 is 0 Å². The molecule has 0 radical (unpaired) electrons. The number of nitrogens with zero attached hydrogens (tertiary/aromatic N) is 2. The van der Waals surface area contributed by atoms with E-state index in [1.54, 1.807) is 32.3 Å². The SMILES string of the molecule is C=C(C(=C)/C(C)=C/C=NC)/C(C)=C\C.CC.CC.Cc1ccc(N2CC(F)(F)C2)cc1F.Cc1ccccc1. The molecule has 0 bridgehead atoms. The summed E-state index contributed by atoms with van der Waals surface area (Å²) >= 11 is 0. The second-order valence-corrected chi connectivity index (χ2v) is 8.49. The average molecular weight is 543 g/mol. The zero-order valence-electron chi connectivity index (χ0n) is 25.7. The smallest absolute Gasteiger partial charge is 0.282 e. The summed E-state index contributed by atoms with van der Waals surface area (Å²) in [5.41, 5.74) is 6.60. The molecule has 0 saturated carbocycles. The summed E-state index contributed by atoms with van der Waals surface area (Å²) in [6.07, 6.45) is 5.74. The Morgan fingerprint density at radius 1 is 0.897 bits per heavy atom. The van der Waals surface area contributed by atoms with Crippen LogP contribution in [-0.4, -0.2) is 32.3 Å². The molecule has 0 unspecified atom stereocenters. The van der Waals surface area contributed by atoms with Crippen molar-refractivity contribution in [1.29, 1.82) is 0 Å². The van der Waals surface area contributed by atoms with Crippen LogP contribution in [0.4, 0.5) is 18.9 Å². The third-order valence-electron chi connectivity index (χ3n) is 5.53. The van der Waals surface area contributed by atoms with Crippen molar-refractivity contribution in [2.75, 3.05) is 25.0 Å². The molecular formula is C34H49F3N2. The van der Waals surface area contributed by atoms with Crippen molar-refractivity contribution in [3.63, 3.8) is 0 Å². The van der Waals surface area contributed by atoms with Gasteiger partial charge in [0, 0.05) is 18.9 Å². The Morgan fingerprint density at radius 3 is 1.79 bits per heavy atom. The maximum atomic E-state index is 13.1. The van der Waals surface area contributed by atoms with Gasteiger partial charge in [-0.05, 0) is 80.7 Å². The molecule has 1 saturated heterocycles. The minimum atomic E-state index is -2.61. The van der Waals surface area contributed by atoms with Gasteiger partial charge in [0.1, 0.15) is 5.82 Å². The summed E-state index contributed by atoms with van der Waals surface area (Å²) in [7, 11) is 1.75. The first-order chi connectivity index (χ1) is 18.4. The number of halogens is 3. The number of hydrogen-bond acceptors (Lipinski definition) is 2. The number of aliphatic imine (C=N–C) groups is 1. The van der Waals surface area contributed by atoms with Crippen LogP contribution in [0.3, 0.4) is 0 Å². The molecular weight excluding hydrogens is 493 g/mol. The summed E-state index contributed by atoms with van der Waals surface area (Å²) in [6.45, 7) is 25.2. The molecule has 5 heteroatoms. The zero-order chi connectivity index (χ0) is 30.6. The molecule has 0 amide bonds. The molecule has 0 aromatic heterocycles. The fourth-order valence-electron chi connectivity index (χ4n) is 2.94. The first-order valence-electron chi connectivity index (χ1n) is 13.4. The van der Waals surface area contributed by atoms with E-state index in [0.717, 1.165) is 22.3 Å². The van der Waals surface area contributed by atoms with Crippen LogP contribution in [-0.2, 0) is 0 Å². The molecule has 1 fully saturated rings. The maximum Gasteiger partial charge on any atom is 0.282 e. The second-order valence-electron chi connectivity index (χ2n) is 8.49. The Morgan fingerprint density at radius 2 is 1.41 bits per heavy atom. The van der Waals surface area contributed by atoms with E-state index in [4.69, 9.17) is 0 Å². The molecule has 3 rings (SSSR count). The van der Waals surface area contributed by atoms with E-state index in [1.165, 1.54) is 16.5 Å². The molecule has 2 aromatic rings. The number of hydrogen-bond donors (Lipinski definition) is 0. The van der Waals surface area contributed by atoms with Crippen LogP contribution in [0.15, 0.2) is 101 Å². The largest absolute Gasteiger partial charge is 0.359 e. The molecule has 39 heavy (non-hydrogen) atoms. The van der Waals surface area contributed by atoms with Crippen molar-refractivity contribution in [2.45, 2.75) is 68.2 Å². The fourth-order valence-corrected chi connectivity index (χ4v) is 2.94. The molecule has 0 spiro atoms. The normalized spacial score (nSPS) is 13.6. The van der Waals surface area contributed by atoms with Gasteiger partial charge in [-0.25, -0.2) is 13.2 Å². The van der Waals surface area contributed by atoms with Crippen molar-refractivity contribution in [1.82, 2.24) is 0 Å². The Labute approximate surface area is 236 Å². The highest BCUT2D eigenvalue weighted by molar-refractivity contribution is 5.74. The fraction of sp³-hybridized carbons (Fsp3) is 0.382. The van der Waals surface area contributed by atoms with Crippen LogP contribution < -0.4 is 4.90 Å². The lowest BCUT2D eigenvalue weighted by atomic mass is 9.96. The number of allylic oxidation sites excluding steroid dienone is 6. The Kier molecular flexibility index (Phi) is 20.0. The Balaban J connectivity index is 0. The lowest BCUT2D eigenvalue weighted by molar-refractivity contribution is -0.0262. The molecule has 1 aliphatic rings. The predicted molar refractivity (Wildman–Crippen MR) is 168 cm³/mol. The maximum absolute atomic E-state index is 13.1. The van der Waals surface area contributed by atoms with E-state index in [1.807, 2.05) is 78.8 Å². The summed E-state index contributed by atoms with van der Waals surface area (Å²) in [5, 5.41) is 0. The molecule has 0 N–H and O–H groups in total. The first kappa shape index (κ1) is 37.8. The van der Waals surface area contributed by atoms with Gasteiger partial charge in [-0.1, -0.05) is 88.9 Å². The number of rotatable bonds is 5. The van der Waals surface area contributed by atoms with E-state index >= 15 is 0 Å². The highest BCUT2D eigenvalue weighted by Gasteiger charge is 2.43. The monoisotopic (exact) mass is 542 g/mol. The second kappa shape index (κ2) is 20.6. The minimum absolute atomic E-state index is 0.310. The van der Waals surface area contributed by atoms with Crippen molar-refractivity contribution < 1.29 is 13.2 Å². The lowest BCUT2D eigenvalue weighted by Gasteiger charge is -2.40. The van der Waals surface area contributed by atoms with Crippen LogP contribution in [0.5, 0.6) is 0 Å². The average Bonchev–Trinajstić information content (AvgIpc) is 2.94. The molecule has 0 atom stereocenters. The number of alkyl halides is 2. The van der Waals surface area contributed by atoms with Crippen LogP contribution in [0.25, 0.3) is 0 Å². The number of anilines is 1. The topological polar surface area (TPSA) is 15.6 Å². The summed E-state index contributed by atoms with van der Waals surface area (Å²) in [4.78, 5) is 5.36. The van der Waals surface area contributed by atoms with E-state index in [0.29, 0.717) is 11.3 Å². The lowest BCUT2D eigenvalue weighted by Crippen LogP contribution is -2.56. The molecule has 1 aliphatic heterocycles. The summed E-state index contributed by atoms with van der Waals surface area (Å²) in [6, 6.07) is 14.8. The van der Waals surface area contributed by atoms with Gasteiger partial charge in [-0.2, -0.15) is 0 Å². The molecule has 1 heterocycles.